The Bertz CT molecular complexity index is 973. The Labute approximate surface area is 248 Å². The molecule has 8 nitrogen and oxygen atoms in total. The van der Waals surface area contributed by atoms with Crippen LogP contribution in [0, 0.1) is 17.3 Å². The normalized spacial score (nSPS) is 30.2. The van der Waals surface area contributed by atoms with Crippen LogP contribution < -0.4 is 0 Å². The van der Waals surface area contributed by atoms with Gasteiger partial charge < -0.3 is 24.4 Å². The van der Waals surface area contributed by atoms with Gasteiger partial charge in [-0.25, -0.2) is 0 Å². The van der Waals surface area contributed by atoms with Gasteiger partial charge in [0.2, 0.25) is 11.8 Å². The zero-order chi connectivity index (χ0) is 30.0. The summed E-state index contributed by atoms with van der Waals surface area (Å²) in [5, 5.41) is 10.3. The highest BCUT2D eigenvalue weighted by molar-refractivity contribution is 9.09. The number of aliphatic hydroxyl groups is 1. The van der Waals surface area contributed by atoms with Gasteiger partial charge in [0.05, 0.1) is 37.2 Å². The van der Waals surface area contributed by atoms with Crippen LogP contribution >= 0.6 is 15.9 Å². The van der Waals surface area contributed by atoms with E-state index in [2.05, 4.69) is 49.9 Å². The average molecular weight is 626 g/mol. The van der Waals surface area contributed by atoms with E-state index < -0.39 is 47.1 Å². The van der Waals surface area contributed by atoms with Crippen LogP contribution in [0.25, 0.3) is 0 Å². The Kier molecular flexibility index (Phi) is 10.4. The van der Waals surface area contributed by atoms with E-state index in [0.717, 1.165) is 19.3 Å². The number of rotatable bonds is 14. The molecule has 0 saturated carbocycles. The summed E-state index contributed by atoms with van der Waals surface area (Å²) in [5.41, 5.74) is -1.81. The molecule has 2 amide bonds. The third kappa shape index (κ3) is 6.07. The molecule has 0 aromatic rings. The molecule has 40 heavy (non-hydrogen) atoms. The molecule has 0 radical (unpaired) electrons. The molecule has 0 aliphatic carbocycles. The molecular weight excluding hydrogens is 576 g/mol. The quantitative estimate of drug-likeness (QED) is 0.131. The standard InChI is InChI=1S/C31H49BrN2O6/c1-9-12-13-14-16-39-28(38)22-23-26(36)34(20(11-3)18-35)25(31(23)17-21(32)24(22)40-31)27(37)33(15-10-2)30(7,8)19-29(4,5)6/h9-10,20-25,35H,1-2,11-19H2,3-8H3/t20-,21?,22-,23-,24-,25?,31?/m0/s1. The largest absolute Gasteiger partial charge is 0.465 e. The van der Waals surface area contributed by atoms with Crippen LogP contribution in [-0.2, 0) is 23.9 Å². The second kappa shape index (κ2) is 12.7. The van der Waals surface area contributed by atoms with E-state index >= 15 is 0 Å². The number of carbonyl (C=O) groups is 3. The predicted molar refractivity (Wildman–Crippen MR) is 159 cm³/mol. The highest BCUT2D eigenvalue weighted by Gasteiger charge is 2.77. The minimum atomic E-state index is -1.20. The zero-order valence-corrected chi connectivity index (χ0v) is 26.7. The Morgan fingerprint density at radius 3 is 2.48 bits per heavy atom. The van der Waals surface area contributed by atoms with Gasteiger partial charge in [-0.2, -0.15) is 0 Å². The van der Waals surface area contributed by atoms with Crippen LogP contribution in [0.5, 0.6) is 0 Å². The second-order valence-corrected chi connectivity index (χ2v) is 14.6. The van der Waals surface area contributed by atoms with Crippen molar-refractivity contribution in [3.05, 3.63) is 25.3 Å². The van der Waals surface area contributed by atoms with E-state index in [9.17, 15) is 19.5 Å². The van der Waals surface area contributed by atoms with Gasteiger partial charge in [-0.3, -0.25) is 14.4 Å². The predicted octanol–water partition coefficient (Wildman–Crippen LogP) is 4.63. The van der Waals surface area contributed by atoms with Gasteiger partial charge in [0.25, 0.3) is 0 Å². The molecule has 1 spiro atoms. The molecule has 226 valence electrons. The number of nitrogens with zero attached hydrogens (tertiary/aromatic N) is 2. The van der Waals surface area contributed by atoms with Gasteiger partial charge in [0, 0.05) is 16.9 Å². The number of alkyl halides is 1. The van der Waals surface area contributed by atoms with Crippen molar-refractivity contribution in [3.8, 4) is 0 Å². The van der Waals surface area contributed by atoms with Gasteiger partial charge in [0.15, 0.2) is 0 Å². The molecule has 3 aliphatic rings. The SMILES string of the molecule is C=CCCCCOC(=O)[C@H]1[C@H]2C(=O)N([C@@H](CC)CO)C(C(=O)N(CC=C)C(C)(C)CC(C)(C)C)C23CC(Br)[C@@H]1O3. The van der Waals surface area contributed by atoms with Crippen LogP contribution in [0.2, 0.25) is 0 Å². The Morgan fingerprint density at radius 2 is 1.93 bits per heavy atom. The zero-order valence-electron chi connectivity index (χ0n) is 25.2. The van der Waals surface area contributed by atoms with Crippen molar-refractivity contribution in [2.45, 2.75) is 114 Å². The maximum absolute atomic E-state index is 14.7. The highest BCUT2D eigenvalue weighted by atomic mass is 79.9. The van der Waals surface area contributed by atoms with Crippen LogP contribution in [0.1, 0.15) is 80.1 Å². The average Bonchev–Trinajstić information content (AvgIpc) is 3.45. The molecule has 3 rings (SSSR count). The maximum Gasteiger partial charge on any atom is 0.312 e. The fourth-order valence-corrected chi connectivity index (χ4v) is 8.33. The number of ether oxygens (including phenoxy) is 2. The van der Waals surface area contributed by atoms with Crippen molar-refractivity contribution >= 4 is 33.7 Å². The van der Waals surface area contributed by atoms with Gasteiger partial charge in [-0.1, -0.05) is 55.8 Å². The van der Waals surface area contributed by atoms with Gasteiger partial charge in [-0.15, -0.1) is 13.2 Å². The number of hydrogen-bond acceptors (Lipinski definition) is 6. The number of amides is 2. The molecule has 2 bridgehead atoms. The molecule has 3 saturated heterocycles. The molecule has 7 atom stereocenters. The van der Waals surface area contributed by atoms with Crippen molar-refractivity contribution < 1.29 is 29.0 Å². The number of allylic oxidation sites excluding steroid dienone is 1. The smallest absolute Gasteiger partial charge is 0.312 e. The first kappa shape index (κ1) is 32.8. The summed E-state index contributed by atoms with van der Waals surface area (Å²) in [6, 6.07) is -1.55. The maximum atomic E-state index is 14.7. The van der Waals surface area contributed by atoms with Crippen molar-refractivity contribution in [3.63, 3.8) is 0 Å². The minimum absolute atomic E-state index is 0.0595. The Balaban J connectivity index is 2.04. The lowest BCUT2D eigenvalue weighted by Crippen LogP contribution is -2.62. The number of hydrogen-bond donors (Lipinski definition) is 1. The summed E-state index contributed by atoms with van der Waals surface area (Å²) < 4.78 is 12.3. The van der Waals surface area contributed by atoms with Crippen LogP contribution in [0.4, 0.5) is 0 Å². The van der Waals surface area contributed by atoms with Crippen LogP contribution in [-0.4, -0.2) is 86.6 Å². The van der Waals surface area contributed by atoms with Gasteiger partial charge in [0.1, 0.15) is 11.6 Å². The molecule has 0 aromatic carbocycles. The third-order valence-corrected chi connectivity index (χ3v) is 9.47. The topological polar surface area (TPSA) is 96.4 Å². The monoisotopic (exact) mass is 624 g/mol. The van der Waals surface area contributed by atoms with E-state index in [1.807, 2.05) is 26.8 Å². The second-order valence-electron chi connectivity index (χ2n) is 13.4. The van der Waals surface area contributed by atoms with Crippen LogP contribution in [0.15, 0.2) is 25.3 Å². The molecular formula is C31H49BrN2O6. The number of halogens is 1. The molecule has 3 fully saturated rings. The summed E-state index contributed by atoms with van der Waals surface area (Å²) in [7, 11) is 0. The van der Waals surface area contributed by atoms with Crippen molar-refractivity contribution in [2.24, 2.45) is 17.3 Å². The summed E-state index contributed by atoms with van der Waals surface area (Å²) in [6.45, 7) is 20.2. The van der Waals surface area contributed by atoms with E-state index in [0.29, 0.717) is 25.8 Å². The number of unbranched alkanes of at least 4 members (excludes halogenated alkanes) is 2. The van der Waals surface area contributed by atoms with Gasteiger partial charge >= 0.3 is 5.97 Å². The number of fused-ring (bicyclic) bond motifs is 1. The Hall–Kier alpha value is -1.71. The number of aliphatic hydroxyl groups excluding tert-OH is 1. The summed E-state index contributed by atoms with van der Waals surface area (Å²) in [6.07, 6.45) is 6.95. The first-order valence-corrected chi connectivity index (χ1v) is 15.6. The third-order valence-electron chi connectivity index (χ3n) is 8.63. The Morgan fingerprint density at radius 1 is 1.25 bits per heavy atom. The fourth-order valence-electron chi connectivity index (χ4n) is 7.39. The number of esters is 1. The van der Waals surface area contributed by atoms with Crippen molar-refractivity contribution in [1.82, 2.24) is 9.80 Å². The molecule has 1 N–H and O–H groups in total. The molecule has 3 aliphatic heterocycles. The molecule has 3 unspecified atom stereocenters. The van der Waals surface area contributed by atoms with Crippen molar-refractivity contribution in [1.29, 1.82) is 0 Å². The lowest BCUT2D eigenvalue weighted by atomic mass is 9.70. The van der Waals surface area contributed by atoms with Crippen LogP contribution in [0.3, 0.4) is 0 Å². The molecule has 9 heteroatoms. The summed E-state index contributed by atoms with van der Waals surface area (Å²) in [4.78, 5) is 45.6. The lowest BCUT2D eigenvalue weighted by Gasteiger charge is -2.46. The highest BCUT2D eigenvalue weighted by Crippen LogP contribution is 2.61. The molecule has 3 heterocycles. The first-order chi connectivity index (χ1) is 18.7. The fraction of sp³-hybridized carbons (Fsp3) is 0.774. The number of likely N-dealkylation sites (tertiary alicyclic amines) is 1. The first-order valence-electron chi connectivity index (χ1n) is 14.7. The summed E-state index contributed by atoms with van der Waals surface area (Å²) in [5.74, 6) is -2.69. The molecule has 0 aromatic heterocycles. The van der Waals surface area contributed by atoms with E-state index in [-0.39, 0.29) is 35.3 Å². The van der Waals surface area contributed by atoms with Gasteiger partial charge in [-0.05, 0) is 57.8 Å². The lowest BCUT2D eigenvalue weighted by molar-refractivity contribution is -0.158. The van der Waals surface area contributed by atoms with Crippen molar-refractivity contribution in [2.75, 3.05) is 19.8 Å². The van der Waals surface area contributed by atoms with E-state index in [4.69, 9.17) is 9.47 Å². The number of carbonyl (C=O) groups excluding carboxylic acids is 3. The summed E-state index contributed by atoms with van der Waals surface area (Å²) >= 11 is 3.71. The van der Waals surface area contributed by atoms with E-state index in [1.165, 1.54) is 4.90 Å². The minimum Gasteiger partial charge on any atom is -0.465 e. The van der Waals surface area contributed by atoms with E-state index in [1.54, 1.807) is 11.0 Å².